The van der Waals surface area contributed by atoms with Gasteiger partial charge in [0.1, 0.15) is 5.69 Å². The van der Waals surface area contributed by atoms with E-state index in [2.05, 4.69) is 65.3 Å². The Hall–Kier alpha value is -3.13. The highest BCUT2D eigenvalue weighted by atomic mass is 19.1. The molecule has 3 heterocycles. The van der Waals surface area contributed by atoms with Crippen LogP contribution in [0.15, 0.2) is 47.0 Å². The Morgan fingerprint density at radius 1 is 1.06 bits per heavy atom. The minimum absolute atomic E-state index is 0.272. The fraction of sp³-hybridized carbons (Fsp3) is 0.462. The molecule has 1 aliphatic rings. The molecule has 0 aliphatic carbocycles. The number of aryl methyl sites for hydroxylation is 1. The molecular weight excluding hydrogens is 431 g/mol. The summed E-state index contributed by atoms with van der Waals surface area (Å²) in [6.07, 6.45) is 7.22. The SMILES string of the molecule is CC1CC(C)(C)NC(C)(C)C1.CN=Nc1cc(-c2ccc(-c3cn[nH]c3)c(F)c2O)cnc1C. The molecule has 0 bridgehead atoms. The third-order valence-electron chi connectivity index (χ3n) is 5.90. The molecule has 0 radical (unpaired) electrons. The van der Waals surface area contributed by atoms with E-state index < -0.39 is 11.6 Å². The van der Waals surface area contributed by atoms with Crippen molar-refractivity contribution in [2.45, 2.75) is 65.5 Å². The van der Waals surface area contributed by atoms with E-state index in [-0.39, 0.29) is 5.56 Å². The fourth-order valence-electron chi connectivity index (χ4n) is 5.13. The number of benzene rings is 1. The molecule has 0 amide bonds. The molecule has 182 valence electrons. The minimum atomic E-state index is -0.705. The highest BCUT2D eigenvalue weighted by Gasteiger charge is 2.35. The lowest BCUT2D eigenvalue weighted by Crippen LogP contribution is -2.57. The van der Waals surface area contributed by atoms with Crippen LogP contribution < -0.4 is 5.32 Å². The lowest BCUT2D eigenvalue weighted by atomic mass is 9.77. The van der Waals surface area contributed by atoms with Crippen molar-refractivity contribution in [2.24, 2.45) is 16.1 Å². The van der Waals surface area contributed by atoms with Crippen molar-refractivity contribution < 1.29 is 9.50 Å². The maximum absolute atomic E-state index is 14.5. The first-order valence-corrected chi connectivity index (χ1v) is 11.5. The summed E-state index contributed by atoms with van der Waals surface area (Å²) in [4.78, 5) is 4.21. The van der Waals surface area contributed by atoms with Gasteiger partial charge in [-0.05, 0) is 65.5 Å². The van der Waals surface area contributed by atoms with Crippen LogP contribution in [-0.4, -0.2) is 38.4 Å². The first kappa shape index (κ1) is 25.5. The summed E-state index contributed by atoms with van der Waals surface area (Å²) >= 11 is 0. The first-order valence-electron chi connectivity index (χ1n) is 11.5. The average Bonchev–Trinajstić information content (AvgIpc) is 3.24. The number of azo groups is 1. The quantitative estimate of drug-likeness (QED) is 0.380. The smallest absolute Gasteiger partial charge is 0.173 e. The van der Waals surface area contributed by atoms with Crippen molar-refractivity contribution in [1.82, 2.24) is 20.5 Å². The van der Waals surface area contributed by atoms with Gasteiger partial charge in [-0.2, -0.15) is 15.3 Å². The molecule has 0 unspecified atom stereocenters. The summed E-state index contributed by atoms with van der Waals surface area (Å²) in [5.74, 6) is -0.280. The van der Waals surface area contributed by atoms with E-state index in [1.165, 1.54) is 19.0 Å². The van der Waals surface area contributed by atoms with Crippen LogP contribution in [0.25, 0.3) is 22.3 Å². The van der Waals surface area contributed by atoms with Gasteiger partial charge in [0.2, 0.25) is 0 Å². The average molecular weight is 467 g/mol. The number of H-pyrrole nitrogens is 1. The van der Waals surface area contributed by atoms with Crippen molar-refractivity contribution >= 4 is 5.69 Å². The Bertz CT molecular complexity index is 1140. The number of phenols is 1. The van der Waals surface area contributed by atoms with Gasteiger partial charge >= 0.3 is 0 Å². The number of nitrogens with one attached hydrogen (secondary N) is 2. The van der Waals surface area contributed by atoms with Crippen LogP contribution >= 0.6 is 0 Å². The molecule has 1 aromatic carbocycles. The fourth-order valence-corrected chi connectivity index (χ4v) is 5.13. The Morgan fingerprint density at radius 2 is 1.71 bits per heavy atom. The molecule has 3 N–H and O–H groups in total. The second kappa shape index (κ2) is 10.0. The third kappa shape index (κ3) is 6.05. The first-order chi connectivity index (χ1) is 15.9. The summed E-state index contributed by atoms with van der Waals surface area (Å²) in [6.45, 7) is 13.3. The number of hydrogen-bond acceptors (Lipinski definition) is 6. The lowest BCUT2D eigenvalue weighted by Gasteiger charge is -2.45. The molecule has 4 rings (SSSR count). The van der Waals surface area contributed by atoms with E-state index in [9.17, 15) is 9.50 Å². The topological polar surface area (TPSA) is 98.6 Å². The predicted molar refractivity (Wildman–Crippen MR) is 134 cm³/mol. The third-order valence-corrected chi connectivity index (χ3v) is 5.90. The number of nitrogens with zero attached hydrogens (tertiary/aromatic N) is 4. The second-order valence-electron chi connectivity index (χ2n) is 10.3. The lowest BCUT2D eigenvalue weighted by molar-refractivity contribution is 0.138. The maximum atomic E-state index is 14.5. The van der Waals surface area contributed by atoms with E-state index >= 15 is 0 Å². The molecule has 0 spiro atoms. The molecule has 7 nitrogen and oxygen atoms in total. The Kier molecular flexibility index (Phi) is 7.51. The molecule has 8 heteroatoms. The number of aromatic hydroxyl groups is 1. The predicted octanol–water partition coefficient (Wildman–Crippen LogP) is 6.57. The highest BCUT2D eigenvalue weighted by Crippen LogP contribution is 2.38. The van der Waals surface area contributed by atoms with Crippen molar-refractivity contribution in [3.63, 3.8) is 0 Å². The minimum Gasteiger partial charge on any atom is -0.504 e. The van der Waals surface area contributed by atoms with Crippen LogP contribution in [0.2, 0.25) is 0 Å². The molecule has 1 fully saturated rings. The van der Waals surface area contributed by atoms with Crippen LogP contribution in [0, 0.1) is 18.7 Å². The van der Waals surface area contributed by atoms with E-state index in [0.717, 1.165) is 5.92 Å². The van der Waals surface area contributed by atoms with Crippen LogP contribution in [0.3, 0.4) is 0 Å². The van der Waals surface area contributed by atoms with Gasteiger partial charge in [0.15, 0.2) is 11.6 Å². The number of aromatic amines is 1. The van der Waals surface area contributed by atoms with Crippen LogP contribution in [0.1, 0.15) is 53.2 Å². The summed E-state index contributed by atoms with van der Waals surface area (Å²) in [6, 6.07) is 4.94. The van der Waals surface area contributed by atoms with Gasteiger partial charge < -0.3 is 10.4 Å². The Morgan fingerprint density at radius 3 is 2.26 bits per heavy atom. The number of hydrogen-bond donors (Lipinski definition) is 3. The zero-order chi connectivity index (χ0) is 25.1. The van der Waals surface area contributed by atoms with E-state index in [0.29, 0.717) is 39.1 Å². The summed E-state index contributed by atoms with van der Waals surface area (Å²) in [5, 5.41) is 28.0. The van der Waals surface area contributed by atoms with E-state index in [1.54, 1.807) is 44.6 Å². The van der Waals surface area contributed by atoms with Gasteiger partial charge in [-0.1, -0.05) is 13.0 Å². The molecule has 1 aliphatic heterocycles. The summed E-state index contributed by atoms with van der Waals surface area (Å²) < 4.78 is 14.5. The van der Waals surface area contributed by atoms with Gasteiger partial charge in [0.05, 0.1) is 11.9 Å². The van der Waals surface area contributed by atoms with Crippen LogP contribution in [0.5, 0.6) is 5.75 Å². The molecule has 0 atom stereocenters. The molecular formula is C26H35FN6O. The van der Waals surface area contributed by atoms with Crippen molar-refractivity contribution in [2.75, 3.05) is 7.05 Å². The summed E-state index contributed by atoms with van der Waals surface area (Å²) in [5.41, 5.74) is 3.68. The van der Waals surface area contributed by atoms with E-state index in [1.807, 2.05) is 0 Å². The number of pyridine rings is 1. The van der Waals surface area contributed by atoms with Crippen molar-refractivity contribution in [3.05, 3.63) is 48.3 Å². The number of aromatic nitrogens is 3. The number of piperidine rings is 1. The van der Waals surface area contributed by atoms with E-state index in [4.69, 9.17) is 0 Å². The van der Waals surface area contributed by atoms with Crippen LogP contribution in [-0.2, 0) is 0 Å². The van der Waals surface area contributed by atoms with Gasteiger partial charge in [-0.3, -0.25) is 10.1 Å². The largest absolute Gasteiger partial charge is 0.504 e. The zero-order valence-corrected chi connectivity index (χ0v) is 21.1. The molecule has 2 aromatic heterocycles. The maximum Gasteiger partial charge on any atom is 0.173 e. The normalized spacial score (nSPS) is 17.4. The standard InChI is InChI=1S/C16H14FN5O.C10H21N/c1-9-14(22-18-2)5-10(6-19-9)13-4-3-12(15(17)16(13)23)11-7-20-21-8-11;1-8-6-9(2,3)11-10(4,5)7-8/h3-8,23H,1-2H3,(H,20,21);8,11H,6-7H2,1-5H3. The number of rotatable bonds is 3. The molecule has 3 aromatic rings. The Balaban J connectivity index is 0.000000248. The van der Waals surface area contributed by atoms with Gasteiger partial charge in [-0.25, -0.2) is 4.39 Å². The van der Waals surface area contributed by atoms with Crippen molar-refractivity contribution in [3.8, 4) is 28.0 Å². The molecule has 1 saturated heterocycles. The number of phenolic OH excluding ortho intramolecular Hbond substituents is 1. The molecule has 34 heavy (non-hydrogen) atoms. The summed E-state index contributed by atoms with van der Waals surface area (Å²) in [7, 11) is 1.56. The van der Waals surface area contributed by atoms with Gasteiger partial charge in [0, 0.05) is 52.8 Å². The monoisotopic (exact) mass is 466 g/mol. The number of halogens is 1. The van der Waals surface area contributed by atoms with Gasteiger partial charge in [0.25, 0.3) is 0 Å². The van der Waals surface area contributed by atoms with Crippen LogP contribution in [0.4, 0.5) is 10.1 Å². The second-order valence-corrected chi connectivity index (χ2v) is 10.3. The van der Waals surface area contributed by atoms with Gasteiger partial charge in [-0.15, -0.1) is 0 Å². The molecule has 0 saturated carbocycles. The van der Waals surface area contributed by atoms with Crippen molar-refractivity contribution in [1.29, 1.82) is 0 Å². The Labute approximate surface area is 200 Å². The highest BCUT2D eigenvalue weighted by molar-refractivity contribution is 5.77. The zero-order valence-electron chi connectivity index (χ0n) is 21.1.